The van der Waals surface area contributed by atoms with Gasteiger partial charge in [0, 0.05) is 31.4 Å². The third-order valence-corrected chi connectivity index (χ3v) is 2.70. The molecule has 1 atom stereocenters. The molecule has 1 aromatic carbocycles. The Kier molecular flexibility index (Phi) is 3.76. The van der Waals surface area contributed by atoms with Crippen LogP contribution in [0.5, 0.6) is 0 Å². The van der Waals surface area contributed by atoms with E-state index in [1.807, 2.05) is 0 Å². The third kappa shape index (κ3) is 3.08. The molecule has 1 aromatic heterocycles. The molecule has 100 valence electrons. The quantitative estimate of drug-likeness (QED) is 0.628. The van der Waals surface area contributed by atoms with E-state index < -0.39 is 11.0 Å². The number of aliphatic hydroxyl groups excluding tert-OH is 1. The molecule has 2 rings (SSSR count). The number of aliphatic hydroxyl groups is 1. The summed E-state index contributed by atoms with van der Waals surface area (Å²) in [6, 6.07) is 6.32. The Labute approximate surface area is 109 Å². The van der Waals surface area contributed by atoms with Gasteiger partial charge in [0.2, 0.25) is 0 Å². The number of nitrogens with one attached hydrogen (secondary N) is 1. The Hall–Kier alpha value is -2.41. The molecule has 7 nitrogen and oxygen atoms in total. The minimum absolute atomic E-state index is 0.0131. The normalized spacial score (nSPS) is 12.1. The summed E-state index contributed by atoms with van der Waals surface area (Å²) in [6.45, 7) is 0.177. The molecule has 0 radical (unpaired) electrons. The van der Waals surface area contributed by atoms with Gasteiger partial charge < -0.3 is 10.4 Å². The van der Waals surface area contributed by atoms with E-state index in [0.717, 1.165) is 0 Å². The summed E-state index contributed by atoms with van der Waals surface area (Å²) in [7, 11) is 1.76. The lowest BCUT2D eigenvalue weighted by atomic mass is 10.2. The molecule has 0 fully saturated rings. The molecular formula is C12H14N4O3. The molecule has 0 amide bonds. The number of aromatic nitrogens is 2. The Morgan fingerprint density at radius 3 is 2.89 bits per heavy atom. The van der Waals surface area contributed by atoms with Crippen molar-refractivity contribution in [3.05, 3.63) is 52.3 Å². The summed E-state index contributed by atoms with van der Waals surface area (Å²) < 4.78 is 1.59. The maximum absolute atomic E-state index is 10.8. The summed E-state index contributed by atoms with van der Waals surface area (Å²) in [4.78, 5) is 10.4. The zero-order chi connectivity index (χ0) is 13.8. The lowest BCUT2D eigenvalue weighted by Gasteiger charge is -2.11. The van der Waals surface area contributed by atoms with Crippen LogP contribution in [0.25, 0.3) is 0 Å². The number of nitro groups is 1. The van der Waals surface area contributed by atoms with E-state index in [-0.39, 0.29) is 12.2 Å². The number of nitrogens with zero attached hydrogens (tertiary/aromatic N) is 3. The second kappa shape index (κ2) is 5.49. The molecule has 0 aliphatic heterocycles. The predicted molar refractivity (Wildman–Crippen MR) is 69.8 cm³/mol. The fraction of sp³-hybridized carbons (Fsp3) is 0.250. The van der Waals surface area contributed by atoms with Gasteiger partial charge in [-0.15, -0.1) is 0 Å². The van der Waals surface area contributed by atoms with Gasteiger partial charge >= 0.3 is 0 Å². The van der Waals surface area contributed by atoms with Crippen molar-refractivity contribution < 1.29 is 10.0 Å². The van der Waals surface area contributed by atoms with Crippen molar-refractivity contribution in [1.82, 2.24) is 9.78 Å². The van der Waals surface area contributed by atoms with Crippen LogP contribution in [-0.4, -0.2) is 26.4 Å². The lowest BCUT2D eigenvalue weighted by molar-refractivity contribution is -0.384. The number of anilines is 1. The van der Waals surface area contributed by atoms with Gasteiger partial charge in [0.15, 0.2) is 0 Å². The van der Waals surface area contributed by atoms with Gasteiger partial charge in [-0.05, 0) is 6.07 Å². The first-order valence-electron chi connectivity index (χ1n) is 5.72. The van der Waals surface area contributed by atoms with Crippen molar-refractivity contribution in [1.29, 1.82) is 0 Å². The summed E-state index contributed by atoms with van der Waals surface area (Å²) in [5.74, 6) is 0. The number of hydrogen-bond acceptors (Lipinski definition) is 5. The van der Waals surface area contributed by atoms with E-state index in [9.17, 15) is 15.2 Å². The van der Waals surface area contributed by atoms with E-state index >= 15 is 0 Å². The number of nitro benzene ring substituents is 1. The first kappa shape index (κ1) is 13.0. The minimum Gasteiger partial charge on any atom is -0.386 e. The molecule has 0 aliphatic carbocycles. The van der Waals surface area contributed by atoms with E-state index in [1.54, 1.807) is 42.3 Å². The van der Waals surface area contributed by atoms with Crippen LogP contribution in [0, 0.1) is 10.1 Å². The molecule has 0 spiro atoms. The molecule has 0 saturated heterocycles. The monoisotopic (exact) mass is 262 g/mol. The minimum atomic E-state index is -0.770. The Morgan fingerprint density at radius 2 is 2.26 bits per heavy atom. The lowest BCUT2D eigenvalue weighted by Crippen LogP contribution is -2.12. The Bertz CT molecular complexity index is 582. The number of aryl methyl sites for hydroxylation is 1. The Balaban J connectivity index is 2.05. The highest BCUT2D eigenvalue weighted by atomic mass is 16.6. The van der Waals surface area contributed by atoms with Crippen molar-refractivity contribution >= 4 is 11.4 Å². The van der Waals surface area contributed by atoms with Crippen molar-refractivity contribution in [2.24, 2.45) is 7.05 Å². The van der Waals surface area contributed by atoms with E-state index in [2.05, 4.69) is 10.4 Å². The van der Waals surface area contributed by atoms with Gasteiger partial charge in [0.05, 0.1) is 17.2 Å². The summed E-state index contributed by atoms with van der Waals surface area (Å²) in [5, 5.41) is 27.6. The molecule has 7 heteroatoms. The highest BCUT2D eigenvalue weighted by Crippen LogP contribution is 2.24. The van der Waals surface area contributed by atoms with Crippen molar-refractivity contribution in [3.8, 4) is 0 Å². The third-order valence-electron chi connectivity index (χ3n) is 2.70. The highest BCUT2D eigenvalue weighted by molar-refractivity contribution is 5.61. The van der Waals surface area contributed by atoms with Gasteiger partial charge in [0.25, 0.3) is 5.69 Å². The van der Waals surface area contributed by atoms with Gasteiger partial charge in [0.1, 0.15) is 5.69 Å². The average Bonchev–Trinajstić information content (AvgIpc) is 2.83. The molecule has 1 heterocycles. The molecule has 19 heavy (non-hydrogen) atoms. The maximum atomic E-state index is 10.8. The molecule has 1 unspecified atom stereocenters. The predicted octanol–water partition coefficient (Wildman–Crippen LogP) is 1.47. The summed E-state index contributed by atoms with van der Waals surface area (Å²) in [5.41, 5.74) is 1.03. The standard InChI is InChI=1S/C12H14N4O3/c1-15-8-9(6-14-15)12(17)7-13-10-4-2-3-5-11(10)16(18)19/h2-6,8,12-13,17H,7H2,1H3. The summed E-state index contributed by atoms with van der Waals surface area (Å²) >= 11 is 0. The van der Waals surface area contributed by atoms with Crippen molar-refractivity contribution in [2.75, 3.05) is 11.9 Å². The number of rotatable bonds is 5. The van der Waals surface area contributed by atoms with Crippen LogP contribution >= 0.6 is 0 Å². The molecular weight excluding hydrogens is 248 g/mol. The smallest absolute Gasteiger partial charge is 0.292 e. The Morgan fingerprint density at radius 1 is 1.53 bits per heavy atom. The molecule has 0 aliphatic rings. The fourth-order valence-electron chi connectivity index (χ4n) is 1.72. The van der Waals surface area contributed by atoms with Crippen molar-refractivity contribution in [3.63, 3.8) is 0 Å². The van der Waals surface area contributed by atoms with Gasteiger partial charge in [-0.25, -0.2) is 0 Å². The number of benzene rings is 1. The van der Waals surface area contributed by atoms with Gasteiger partial charge in [-0.3, -0.25) is 14.8 Å². The van der Waals surface area contributed by atoms with E-state index in [0.29, 0.717) is 11.3 Å². The second-order valence-corrected chi connectivity index (χ2v) is 4.12. The average molecular weight is 262 g/mol. The van der Waals surface area contributed by atoms with Crippen LogP contribution < -0.4 is 5.32 Å². The van der Waals surface area contributed by atoms with Crippen LogP contribution in [0.15, 0.2) is 36.7 Å². The molecule has 2 N–H and O–H groups in total. The number of para-hydroxylation sites is 2. The molecule has 0 saturated carbocycles. The zero-order valence-electron chi connectivity index (χ0n) is 10.4. The first-order chi connectivity index (χ1) is 9.08. The maximum Gasteiger partial charge on any atom is 0.292 e. The molecule has 2 aromatic rings. The number of hydrogen-bond donors (Lipinski definition) is 2. The fourth-order valence-corrected chi connectivity index (χ4v) is 1.72. The first-order valence-corrected chi connectivity index (χ1v) is 5.72. The second-order valence-electron chi connectivity index (χ2n) is 4.12. The van der Waals surface area contributed by atoms with Gasteiger partial charge in [-0.1, -0.05) is 12.1 Å². The van der Waals surface area contributed by atoms with E-state index in [4.69, 9.17) is 0 Å². The zero-order valence-corrected chi connectivity index (χ0v) is 10.4. The largest absolute Gasteiger partial charge is 0.386 e. The van der Waals surface area contributed by atoms with Crippen LogP contribution in [0.4, 0.5) is 11.4 Å². The summed E-state index contributed by atoms with van der Waals surface area (Å²) in [6.07, 6.45) is 2.49. The van der Waals surface area contributed by atoms with Crippen LogP contribution in [0.3, 0.4) is 0 Å². The van der Waals surface area contributed by atoms with Gasteiger partial charge in [-0.2, -0.15) is 5.10 Å². The molecule has 0 bridgehead atoms. The van der Waals surface area contributed by atoms with E-state index in [1.165, 1.54) is 6.07 Å². The van der Waals surface area contributed by atoms with Crippen molar-refractivity contribution in [2.45, 2.75) is 6.10 Å². The highest BCUT2D eigenvalue weighted by Gasteiger charge is 2.14. The SMILES string of the molecule is Cn1cc(C(O)CNc2ccccc2[N+](=O)[O-])cn1. The van der Waals surface area contributed by atoms with Crippen LogP contribution in [0.1, 0.15) is 11.7 Å². The van der Waals surface area contributed by atoms with Crippen LogP contribution in [0.2, 0.25) is 0 Å². The van der Waals surface area contributed by atoms with Crippen LogP contribution in [-0.2, 0) is 7.05 Å². The topological polar surface area (TPSA) is 93.2 Å².